The molecule has 0 saturated carbocycles. The van der Waals surface area contributed by atoms with Crippen molar-refractivity contribution in [2.75, 3.05) is 18.4 Å². The van der Waals surface area contributed by atoms with Crippen molar-refractivity contribution in [3.05, 3.63) is 23.8 Å². The Morgan fingerprint density at radius 3 is 1.77 bits per heavy atom. The molecular formula is C14H17BrN2O5. The van der Waals surface area contributed by atoms with E-state index >= 15 is 0 Å². The predicted molar refractivity (Wildman–Crippen MR) is 84.0 cm³/mol. The summed E-state index contributed by atoms with van der Waals surface area (Å²) in [4.78, 5) is 34.7. The number of hydrogen-bond acceptors (Lipinski definition) is 5. The van der Waals surface area contributed by atoms with Gasteiger partial charge in [0.15, 0.2) is 5.78 Å². The van der Waals surface area contributed by atoms with Crippen LogP contribution in [0.2, 0.25) is 0 Å². The maximum atomic E-state index is 11.8. The molecule has 22 heavy (non-hydrogen) atoms. The summed E-state index contributed by atoms with van der Waals surface area (Å²) in [5.74, 6) is -0.0174. The van der Waals surface area contributed by atoms with Gasteiger partial charge in [-0.15, -0.1) is 0 Å². The fraction of sp³-hybridized carbons (Fsp3) is 0.357. The molecule has 0 spiro atoms. The molecule has 0 aliphatic rings. The van der Waals surface area contributed by atoms with Gasteiger partial charge in [-0.1, -0.05) is 15.9 Å². The summed E-state index contributed by atoms with van der Waals surface area (Å²) in [6.45, 7) is 4.30. The summed E-state index contributed by atoms with van der Waals surface area (Å²) in [6.07, 6.45) is -1.31. The molecule has 0 aliphatic carbocycles. The van der Waals surface area contributed by atoms with Crippen molar-refractivity contribution >= 4 is 33.9 Å². The quantitative estimate of drug-likeness (QED) is 0.590. The molecule has 120 valence electrons. The number of nitrogens with one attached hydrogen (secondary N) is 2. The van der Waals surface area contributed by atoms with Gasteiger partial charge in [-0.3, -0.25) is 4.79 Å². The lowest BCUT2D eigenvalue weighted by Crippen LogP contribution is -2.27. The first kappa shape index (κ1) is 18.0. The summed E-state index contributed by atoms with van der Waals surface area (Å²) in [5, 5.41) is 5.02. The Morgan fingerprint density at radius 2 is 1.41 bits per heavy atom. The Kier molecular flexibility index (Phi) is 7.38. The van der Waals surface area contributed by atoms with Gasteiger partial charge in [0.1, 0.15) is 11.5 Å². The average molecular weight is 373 g/mol. The Labute approximate surface area is 136 Å². The van der Waals surface area contributed by atoms with Crippen LogP contribution in [-0.2, 0) is 0 Å². The predicted octanol–water partition coefficient (Wildman–Crippen LogP) is 2.48. The number of rotatable bonds is 6. The number of halogens is 1. The van der Waals surface area contributed by atoms with Crippen LogP contribution in [0.3, 0.4) is 0 Å². The van der Waals surface area contributed by atoms with Gasteiger partial charge in [0, 0.05) is 24.7 Å². The monoisotopic (exact) mass is 372 g/mol. The molecule has 1 aromatic rings. The number of alkyl halides is 1. The molecule has 1 rings (SSSR count). The molecule has 0 heterocycles. The lowest BCUT2D eigenvalue weighted by atomic mass is 10.1. The van der Waals surface area contributed by atoms with E-state index in [2.05, 4.69) is 26.6 Å². The van der Waals surface area contributed by atoms with Crippen LogP contribution in [0.25, 0.3) is 0 Å². The number of hydrogen-bond donors (Lipinski definition) is 2. The Morgan fingerprint density at radius 1 is 0.955 bits per heavy atom. The molecule has 0 aromatic heterocycles. The third kappa shape index (κ3) is 5.72. The average Bonchev–Trinajstić information content (AvgIpc) is 2.46. The molecule has 0 aliphatic heterocycles. The van der Waals surface area contributed by atoms with E-state index < -0.39 is 12.2 Å². The maximum Gasteiger partial charge on any atom is 0.412 e. The normalized spacial score (nSPS) is 9.77. The molecule has 2 amide bonds. The minimum absolute atomic E-state index is 0.0954. The third-order valence-corrected chi connectivity index (χ3v) is 2.90. The highest BCUT2D eigenvalue weighted by atomic mass is 79.9. The van der Waals surface area contributed by atoms with Crippen LogP contribution >= 0.6 is 15.9 Å². The molecule has 1 aromatic carbocycles. The number of Topliss-reactive ketones (excluding diaryl/α,β-unsaturated/α-hetero) is 1. The Bertz CT molecular complexity index is 524. The SMILES string of the molecule is CCNC(=O)Oc1cc(OC(=O)NCC)cc(C(=O)CBr)c1. The van der Waals surface area contributed by atoms with E-state index in [-0.39, 0.29) is 28.2 Å². The smallest absolute Gasteiger partial charge is 0.410 e. The van der Waals surface area contributed by atoms with Crippen LogP contribution in [0.4, 0.5) is 9.59 Å². The van der Waals surface area contributed by atoms with Crippen molar-refractivity contribution < 1.29 is 23.9 Å². The summed E-state index contributed by atoms with van der Waals surface area (Å²) >= 11 is 3.06. The van der Waals surface area contributed by atoms with Crippen molar-refractivity contribution in [1.82, 2.24) is 10.6 Å². The van der Waals surface area contributed by atoms with Crippen LogP contribution in [0.15, 0.2) is 18.2 Å². The van der Waals surface area contributed by atoms with Gasteiger partial charge in [0.25, 0.3) is 0 Å². The van der Waals surface area contributed by atoms with Gasteiger partial charge in [-0.05, 0) is 26.0 Å². The van der Waals surface area contributed by atoms with E-state index in [1.54, 1.807) is 13.8 Å². The summed E-state index contributed by atoms with van der Waals surface area (Å²) in [6, 6.07) is 4.17. The molecular weight excluding hydrogens is 356 g/mol. The lowest BCUT2D eigenvalue weighted by molar-refractivity contribution is 0.102. The van der Waals surface area contributed by atoms with E-state index in [0.717, 1.165) is 0 Å². The van der Waals surface area contributed by atoms with Crippen molar-refractivity contribution in [2.45, 2.75) is 13.8 Å². The van der Waals surface area contributed by atoms with Crippen molar-refractivity contribution in [1.29, 1.82) is 0 Å². The standard InChI is InChI=1S/C14H17BrN2O5/c1-3-16-13(19)21-10-5-9(12(18)8-15)6-11(7-10)22-14(20)17-4-2/h5-7H,3-4,8H2,1-2H3,(H,16,19)(H,17,20). The number of amides is 2. The highest BCUT2D eigenvalue weighted by Crippen LogP contribution is 2.24. The molecule has 0 bridgehead atoms. The zero-order valence-corrected chi connectivity index (χ0v) is 13.9. The molecule has 2 N–H and O–H groups in total. The number of ether oxygens (including phenoxy) is 2. The second kappa shape index (κ2) is 9.04. The fourth-order valence-electron chi connectivity index (χ4n) is 1.50. The molecule has 8 heteroatoms. The van der Waals surface area contributed by atoms with Gasteiger partial charge in [0.2, 0.25) is 0 Å². The number of carbonyl (C=O) groups excluding carboxylic acids is 3. The zero-order chi connectivity index (χ0) is 16.5. The van der Waals surface area contributed by atoms with Crippen molar-refractivity contribution in [3.63, 3.8) is 0 Å². The lowest BCUT2D eigenvalue weighted by Gasteiger charge is -2.10. The zero-order valence-electron chi connectivity index (χ0n) is 12.3. The second-order valence-electron chi connectivity index (χ2n) is 4.09. The third-order valence-electron chi connectivity index (χ3n) is 2.39. The van der Waals surface area contributed by atoms with E-state index in [4.69, 9.17) is 9.47 Å². The first-order valence-corrected chi connectivity index (χ1v) is 7.77. The maximum absolute atomic E-state index is 11.8. The van der Waals surface area contributed by atoms with E-state index in [9.17, 15) is 14.4 Å². The van der Waals surface area contributed by atoms with Gasteiger partial charge in [-0.2, -0.15) is 0 Å². The van der Waals surface area contributed by atoms with Crippen LogP contribution in [-0.4, -0.2) is 36.4 Å². The summed E-state index contributed by atoms with van der Waals surface area (Å²) in [5.41, 5.74) is 0.262. The van der Waals surface area contributed by atoms with Crippen LogP contribution in [0.1, 0.15) is 24.2 Å². The number of carbonyl (C=O) groups is 3. The van der Waals surface area contributed by atoms with Crippen LogP contribution < -0.4 is 20.1 Å². The highest BCUT2D eigenvalue weighted by molar-refractivity contribution is 9.09. The van der Waals surface area contributed by atoms with Gasteiger partial charge >= 0.3 is 12.2 Å². The van der Waals surface area contributed by atoms with Gasteiger partial charge in [0.05, 0.1) is 5.33 Å². The minimum atomic E-state index is -0.657. The van der Waals surface area contributed by atoms with E-state index in [1.165, 1.54) is 18.2 Å². The van der Waals surface area contributed by atoms with E-state index in [0.29, 0.717) is 13.1 Å². The van der Waals surface area contributed by atoms with E-state index in [1.807, 2.05) is 0 Å². The number of benzene rings is 1. The second-order valence-corrected chi connectivity index (χ2v) is 4.65. The Balaban J connectivity index is 3.02. The molecule has 0 saturated heterocycles. The fourth-order valence-corrected chi connectivity index (χ4v) is 1.83. The van der Waals surface area contributed by atoms with Crippen molar-refractivity contribution in [3.8, 4) is 11.5 Å². The van der Waals surface area contributed by atoms with Crippen LogP contribution in [0.5, 0.6) is 11.5 Å². The first-order chi connectivity index (χ1) is 10.5. The molecule has 7 nitrogen and oxygen atoms in total. The summed E-state index contributed by atoms with van der Waals surface area (Å²) in [7, 11) is 0. The summed E-state index contributed by atoms with van der Waals surface area (Å²) < 4.78 is 10.1. The molecule has 0 unspecified atom stereocenters. The molecule has 0 fully saturated rings. The largest absolute Gasteiger partial charge is 0.412 e. The van der Waals surface area contributed by atoms with Gasteiger partial charge < -0.3 is 20.1 Å². The topological polar surface area (TPSA) is 93.7 Å². The number of ketones is 1. The molecule has 0 atom stereocenters. The molecule has 0 radical (unpaired) electrons. The van der Waals surface area contributed by atoms with Gasteiger partial charge in [-0.25, -0.2) is 9.59 Å². The first-order valence-electron chi connectivity index (χ1n) is 6.65. The van der Waals surface area contributed by atoms with Crippen LogP contribution in [0, 0.1) is 0 Å². The van der Waals surface area contributed by atoms with Crippen molar-refractivity contribution in [2.24, 2.45) is 0 Å². The Hall–Kier alpha value is -2.09. The highest BCUT2D eigenvalue weighted by Gasteiger charge is 2.13. The minimum Gasteiger partial charge on any atom is -0.410 e.